The van der Waals surface area contributed by atoms with Crippen molar-refractivity contribution in [2.45, 2.75) is 33.5 Å². The van der Waals surface area contributed by atoms with Crippen LogP contribution in [0.2, 0.25) is 0 Å². The zero-order chi connectivity index (χ0) is 20.2. The zero-order valence-electron chi connectivity index (χ0n) is 16.2. The Morgan fingerprint density at radius 1 is 1.07 bits per heavy atom. The quantitative estimate of drug-likeness (QED) is 0.410. The number of rotatable bonds is 7. The van der Waals surface area contributed by atoms with E-state index in [1.54, 1.807) is 0 Å². The standard InChI is InChI=1S/C22H20N2O4S/c1-14-18(15(2)28-24-14)12-26-17-9-7-16(8-10-17)11-22(25)27-13-21-23-19-5-3-4-6-20(19)29-21/h3-10H,11-13H2,1-2H3. The van der Waals surface area contributed by atoms with Crippen LogP contribution in [0.4, 0.5) is 0 Å². The molecule has 0 saturated heterocycles. The summed E-state index contributed by atoms with van der Waals surface area (Å²) in [5, 5.41) is 4.71. The number of ether oxygens (including phenoxy) is 2. The fourth-order valence-electron chi connectivity index (χ4n) is 2.91. The van der Waals surface area contributed by atoms with Crippen molar-refractivity contribution in [2.24, 2.45) is 0 Å². The molecule has 29 heavy (non-hydrogen) atoms. The predicted molar refractivity (Wildman–Crippen MR) is 110 cm³/mol. The minimum atomic E-state index is -0.284. The average Bonchev–Trinajstić information content (AvgIpc) is 3.28. The Hall–Kier alpha value is -3.19. The number of aryl methyl sites for hydroxylation is 2. The summed E-state index contributed by atoms with van der Waals surface area (Å²) in [7, 11) is 0. The van der Waals surface area contributed by atoms with E-state index in [4.69, 9.17) is 14.0 Å². The molecule has 7 heteroatoms. The first kappa shape index (κ1) is 19.1. The van der Waals surface area contributed by atoms with Crippen LogP contribution in [0.25, 0.3) is 10.2 Å². The molecular weight excluding hydrogens is 388 g/mol. The molecule has 0 fully saturated rings. The maximum Gasteiger partial charge on any atom is 0.310 e. The largest absolute Gasteiger partial charge is 0.489 e. The molecule has 0 aliphatic heterocycles. The number of carbonyl (C=O) groups is 1. The molecule has 6 nitrogen and oxygen atoms in total. The first-order chi connectivity index (χ1) is 14.1. The van der Waals surface area contributed by atoms with Crippen LogP contribution in [0.15, 0.2) is 53.1 Å². The molecule has 0 amide bonds. The van der Waals surface area contributed by atoms with Gasteiger partial charge in [0.15, 0.2) is 0 Å². The first-order valence-corrected chi connectivity index (χ1v) is 10.0. The van der Waals surface area contributed by atoms with Crippen molar-refractivity contribution in [2.75, 3.05) is 0 Å². The third-order valence-corrected chi connectivity index (χ3v) is 5.54. The highest BCUT2D eigenvalue weighted by Gasteiger charge is 2.11. The van der Waals surface area contributed by atoms with Gasteiger partial charge in [0.1, 0.15) is 29.7 Å². The monoisotopic (exact) mass is 408 g/mol. The molecule has 2 aromatic carbocycles. The van der Waals surface area contributed by atoms with Crippen molar-refractivity contribution >= 4 is 27.5 Å². The summed E-state index contributed by atoms with van der Waals surface area (Å²) in [6, 6.07) is 15.3. The Balaban J connectivity index is 1.28. The van der Waals surface area contributed by atoms with E-state index in [9.17, 15) is 4.79 Å². The third kappa shape index (κ3) is 4.63. The van der Waals surface area contributed by atoms with E-state index in [0.29, 0.717) is 6.61 Å². The number of thiazole rings is 1. The molecule has 148 valence electrons. The second-order valence-corrected chi connectivity index (χ2v) is 7.76. The van der Waals surface area contributed by atoms with Gasteiger partial charge in [-0.05, 0) is 43.7 Å². The molecule has 0 aliphatic rings. The highest BCUT2D eigenvalue weighted by molar-refractivity contribution is 7.18. The molecule has 2 aromatic heterocycles. The molecule has 4 rings (SSSR count). The Labute approximate surface area is 172 Å². The molecule has 0 saturated carbocycles. The van der Waals surface area contributed by atoms with Gasteiger partial charge in [-0.15, -0.1) is 11.3 Å². The topological polar surface area (TPSA) is 74.5 Å². The first-order valence-electron chi connectivity index (χ1n) is 9.22. The Bertz CT molecular complexity index is 1080. The smallest absolute Gasteiger partial charge is 0.310 e. The van der Waals surface area contributed by atoms with E-state index >= 15 is 0 Å². The normalized spacial score (nSPS) is 11.0. The number of aromatic nitrogens is 2. The number of benzene rings is 2. The zero-order valence-corrected chi connectivity index (χ0v) is 17.0. The lowest BCUT2D eigenvalue weighted by Gasteiger charge is -2.07. The highest BCUT2D eigenvalue weighted by atomic mass is 32.1. The van der Waals surface area contributed by atoms with E-state index in [1.165, 1.54) is 11.3 Å². The Kier molecular flexibility index (Phi) is 5.57. The number of esters is 1. The van der Waals surface area contributed by atoms with Crippen LogP contribution in [-0.4, -0.2) is 16.1 Å². The highest BCUT2D eigenvalue weighted by Crippen LogP contribution is 2.22. The Morgan fingerprint density at radius 2 is 1.86 bits per heavy atom. The second kappa shape index (κ2) is 8.45. The lowest BCUT2D eigenvalue weighted by molar-refractivity contribution is -0.144. The molecule has 2 heterocycles. The fraction of sp³-hybridized carbons (Fsp3) is 0.227. The summed E-state index contributed by atoms with van der Waals surface area (Å²) in [4.78, 5) is 16.6. The number of nitrogens with zero attached hydrogens (tertiary/aromatic N) is 2. The number of carbonyl (C=O) groups excluding carboxylic acids is 1. The summed E-state index contributed by atoms with van der Waals surface area (Å²) in [5.74, 6) is 1.19. The second-order valence-electron chi connectivity index (χ2n) is 6.65. The minimum Gasteiger partial charge on any atom is -0.489 e. The van der Waals surface area contributed by atoms with Crippen molar-refractivity contribution in [3.63, 3.8) is 0 Å². The summed E-state index contributed by atoms with van der Waals surface area (Å²) in [6.45, 7) is 4.33. The van der Waals surface area contributed by atoms with Gasteiger partial charge in [-0.1, -0.05) is 29.4 Å². The van der Waals surface area contributed by atoms with Crippen molar-refractivity contribution in [1.29, 1.82) is 0 Å². The van der Waals surface area contributed by atoms with E-state index in [1.807, 2.05) is 62.4 Å². The van der Waals surface area contributed by atoms with Gasteiger partial charge in [0.25, 0.3) is 0 Å². The van der Waals surface area contributed by atoms with Gasteiger partial charge < -0.3 is 14.0 Å². The lowest BCUT2D eigenvalue weighted by Crippen LogP contribution is -2.08. The Morgan fingerprint density at radius 3 is 2.59 bits per heavy atom. The molecule has 0 aliphatic carbocycles. The van der Waals surface area contributed by atoms with Crippen molar-refractivity contribution in [1.82, 2.24) is 10.1 Å². The molecule has 4 aromatic rings. The fourth-order valence-corrected chi connectivity index (χ4v) is 3.79. The van der Waals surface area contributed by atoms with Gasteiger partial charge in [0.05, 0.1) is 27.9 Å². The van der Waals surface area contributed by atoms with Gasteiger partial charge >= 0.3 is 5.97 Å². The third-order valence-electron chi connectivity index (χ3n) is 4.53. The van der Waals surface area contributed by atoms with Gasteiger partial charge in [-0.25, -0.2) is 4.98 Å². The molecule has 0 N–H and O–H groups in total. The van der Waals surface area contributed by atoms with E-state index < -0.39 is 0 Å². The molecule has 0 bridgehead atoms. The molecule has 0 spiro atoms. The lowest BCUT2D eigenvalue weighted by atomic mass is 10.1. The van der Waals surface area contributed by atoms with Crippen molar-refractivity contribution in [3.8, 4) is 5.75 Å². The molecule has 0 radical (unpaired) electrons. The van der Waals surface area contributed by atoms with E-state index in [2.05, 4.69) is 10.1 Å². The summed E-state index contributed by atoms with van der Waals surface area (Å²) < 4.78 is 17.4. The van der Waals surface area contributed by atoms with Gasteiger partial charge in [0, 0.05) is 0 Å². The summed E-state index contributed by atoms with van der Waals surface area (Å²) in [6.07, 6.45) is 0.203. The van der Waals surface area contributed by atoms with Crippen LogP contribution in [0.1, 0.15) is 27.6 Å². The van der Waals surface area contributed by atoms with Crippen LogP contribution in [0, 0.1) is 13.8 Å². The van der Waals surface area contributed by atoms with Crippen LogP contribution in [-0.2, 0) is 29.2 Å². The van der Waals surface area contributed by atoms with Crippen molar-refractivity contribution < 1.29 is 18.8 Å². The molecule has 0 atom stereocenters. The number of hydrogen-bond donors (Lipinski definition) is 0. The van der Waals surface area contributed by atoms with Crippen molar-refractivity contribution in [3.05, 3.63) is 76.1 Å². The maximum absolute atomic E-state index is 12.1. The number of fused-ring (bicyclic) bond motifs is 1. The van der Waals surface area contributed by atoms with E-state index in [0.717, 1.165) is 43.6 Å². The maximum atomic E-state index is 12.1. The van der Waals surface area contributed by atoms with Crippen LogP contribution in [0.3, 0.4) is 0 Å². The van der Waals surface area contributed by atoms with Gasteiger partial charge in [-0.3, -0.25) is 4.79 Å². The summed E-state index contributed by atoms with van der Waals surface area (Å²) in [5.41, 5.74) is 3.57. The van der Waals surface area contributed by atoms with Crippen LogP contribution >= 0.6 is 11.3 Å². The van der Waals surface area contributed by atoms with Crippen LogP contribution < -0.4 is 4.74 Å². The van der Waals surface area contributed by atoms with E-state index in [-0.39, 0.29) is 19.0 Å². The number of para-hydroxylation sites is 1. The number of hydrogen-bond acceptors (Lipinski definition) is 7. The van der Waals surface area contributed by atoms with Gasteiger partial charge in [-0.2, -0.15) is 0 Å². The molecule has 0 unspecified atom stereocenters. The van der Waals surface area contributed by atoms with Gasteiger partial charge in [0.2, 0.25) is 0 Å². The predicted octanol–water partition coefficient (Wildman–Crippen LogP) is 4.77. The summed E-state index contributed by atoms with van der Waals surface area (Å²) >= 11 is 1.54. The van der Waals surface area contributed by atoms with Crippen LogP contribution in [0.5, 0.6) is 5.75 Å². The average molecular weight is 408 g/mol. The molecular formula is C22H20N2O4S. The SMILES string of the molecule is Cc1noc(C)c1COc1ccc(CC(=O)OCc2nc3ccccc3s2)cc1. The minimum absolute atomic E-state index is 0.191.